The van der Waals surface area contributed by atoms with Crippen molar-refractivity contribution >= 4 is 53.8 Å². The number of unbranched alkanes of at least 4 members (excludes halogenated alkanes) is 1. The van der Waals surface area contributed by atoms with Crippen molar-refractivity contribution < 1.29 is 39.3 Å². The largest absolute Gasteiger partial charge is 0.508 e. The number of rotatable bonds is 19. The summed E-state index contributed by atoms with van der Waals surface area (Å²) in [6, 6.07) is 9.43. The first-order valence-electron chi connectivity index (χ1n) is 15.2. The predicted octanol–water partition coefficient (Wildman–Crippen LogP) is 1.10. The summed E-state index contributed by atoms with van der Waals surface area (Å²) in [7, 11) is 1.30. The summed E-state index contributed by atoms with van der Waals surface area (Å²) in [5.74, 6) is -2.02. The van der Waals surface area contributed by atoms with Crippen LogP contribution in [0.3, 0.4) is 0 Å². The van der Waals surface area contributed by atoms with Crippen LogP contribution < -0.4 is 22.1 Å². The third-order valence-electron chi connectivity index (χ3n) is 7.65. The van der Waals surface area contributed by atoms with Crippen molar-refractivity contribution in [1.82, 2.24) is 15.5 Å². The van der Waals surface area contributed by atoms with E-state index in [0.717, 1.165) is 22.3 Å². The van der Waals surface area contributed by atoms with E-state index < -0.39 is 48.3 Å². The number of benzene rings is 2. The van der Waals surface area contributed by atoms with Crippen molar-refractivity contribution in [3.63, 3.8) is 0 Å². The highest BCUT2D eigenvalue weighted by molar-refractivity contribution is 7.98. The molecule has 0 aliphatic heterocycles. The number of halogens is 1. The van der Waals surface area contributed by atoms with Crippen LogP contribution in [0.25, 0.3) is 0 Å². The molecule has 9 N–H and O–H groups in total. The Hall–Kier alpha value is -3.85. The molecule has 0 fully saturated rings. The number of amides is 4. The molecule has 0 saturated carbocycles. The van der Waals surface area contributed by atoms with Gasteiger partial charge in [0, 0.05) is 19.4 Å². The maximum Gasteiger partial charge on any atom is 0.305 e. The van der Waals surface area contributed by atoms with E-state index in [2.05, 4.69) is 15.4 Å². The Morgan fingerprint density at radius 1 is 1.00 bits per heavy atom. The van der Waals surface area contributed by atoms with Gasteiger partial charge in [0.15, 0.2) is 0 Å². The average molecular weight is 712 g/mol. The summed E-state index contributed by atoms with van der Waals surface area (Å²) in [5, 5.41) is 15.2. The third kappa shape index (κ3) is 14.5. The molecule has 13 nitrogen and oxygen atoms in total. The molecule has 2 rings (SSSR count). The molecule has 3 atom stereocenters. The number of aromatic hydroxyl groups is 1. The van der Waals surface area contributed by atoms with Crippen LogP contribution in [0.1, 0.15) is 47.9 Å². The van der Waals surface area contributed by atoms with Gasteiger partial charge in [-0.2, -0.15) is 11.8 Å². The molecule has 0 saturated heterocycles. The van der Waals surface area contributed by atoms with Crippen LogP contribution in [0.4, 0.5) is 0 Å². The smallest absolute Gasteiger partial charge is 0.305 e. The molecule has 0 spiro atoms. The molecule has 2 aromatic carbocycles. The Kier molecular flexibility index (Phi) is 20.9. The first-order chi connectivity index (χ1) is 21.9. The molecule has 0 aliphatic rings. The van der Waals surface area contributed by atoms with Gasteiger partial charge < -0.3 is 42.3 Å². The van der Waals surface area contributed by atoms with E-state index in [1.807, 2.05) is 50.4 Å². The van der Waals surface area contributed by atoms with Crippen molar-refractivity contribution in [3.8, 4) is 5.75 Å². The zero-order valence-electron chi connectivity index (χ0n) is 28.0. The van der Waals surface area contributed by atoms with Gasteiger partial charge in [0.05, 0.1) is 19.7 Å². The topological polar surface area (TPSA) is 226 Å². The lowest BCUT2D eigenvalue weighted by Crippen LogP contribution is -2.55. The van der Waals surface area contributed by atoms with Gasteiger partial charge in [0.25, 0.3) is 0 Å². The molecule has 0 radical (unpaired) electrons. The van der Waals surface area contributed by atoms with E-state index in [4.69, 9.17) is 11.5 Å². The zero-order valence-corrected chi connectivity index (χ0v) is 29.6. The summed E-state index contributed by atoms with van der Waals surface area (Å²) in [6.45, 7) is 3.34. The number of nitrogens with zero attached hydrogens (tertiary/aromatic N) is 1. The molecule has 0 aromatic heterocycles. The van der Waals surface area contributed by atoms with Gasteiger partial charge in [0.1, 0.15) is 17.8 Å². The molecule has 0 unspecified atom stereocenters. The molecule has 4 amide bonds. The van der Waals surface area contributed by atoms with Crippen molar-refractivity contribution in [1.29, 1.82) is 0 Å². The summed E-state index contributed by atoms with van der Waals surface area (Å²) in [5.41, 5.74) is 15.2. The number of phenolic OH excluding ortho intramolecular Hbond substituents is 1. The van der Waals surface area contributed by atoms with Gasteiger partial charge in [-0.3, -0.25) is 24.0 Å². The number of nitrogens with one attached hydrogen (secondary N) is 2. The van der Waals surface area contributed by atoms with Gasteiger partial charge in [0.2, 0.25) is 23.6 Å². The Bertz CT molecular complexity index is 1330. The summed E-state index contributed by atoms with van der Waals surface area (Å²) >= 11 is 1.50. The molecule has 0 heterocycles. The van der Waals surface area contributed by atoms with Gasteiger partial charge >= 0.3 is 5.97 Å². The van der Waals surface area contributed by atoms with E-state index in [1.165, 1.54) is 23.8 Å². The molecule has 0 bridgehead atoms. The minimum absolute atomic E-state index is 0. The first-order valence-corrected chi connectivity index (χ1v) is 16.6. The number of ether oxygens (including phenoxy) is 1. The molecule has 2 aromatic rings. The van der Waals surface area contributed by atoms with Crippen LogP contribution in [-0.4, -0.2) is 95.4 Å². The van der Waals surface area contributed by atoms with Crippen LogP contribution in [0.2, 0.25) is 0 Å². The second kappa shape index (κ2) is 22.7. The number of carbonyl (C=O) groups is 5. The number of esters is 1. The van der Waals surface area contributed by atoms with Crippen molar-refractivity contribution in [3.05, 3.63) is 64.7 Å². The first kappa shape index (κ1) is 44.1. The number of primary amides is 1. The number of hydrogen-bond acceptors (Lipinski definition) is 9. The van der Waals surface area contributed by atoms with Gasteiger partial charge in [-0.05, 0) is 85.9 Å². The summed E-state index contributed by atoms with van der Waals surface area (Å²) in [4.78, 5) is 65.3. The van der Waals surface area contributed by atoms with Gasteiger partial charge in [-0.25, -0.2) is 0 Å². The molecular weight excluding hydrogens is 662 g/mol. The zero-order chi connectivity index (χ0) is 34.2. The fourth-order valence-corrected chi connectivity index (χ4v) is 5.56. The number of hydrogen-bond donors (Lipinski definition) is 5. The van der Waals surface area contributed by atoms with Crippen molar-refractivity contribution in [2.45, 2.75) is 70.5 Å². The minimum Gasteiger partial charge on any atom is -0.508 e. The standard InChI is InChI=1S/C33H47N5O7S.ClH.H2O/c1-21-16-24(39)17-22(2)25(21)19-26(34)32(43)37-27(13-15-46-4)33(44)36-20-29(40)38(14-9-8-12-30(41)45-3)28(31(35)42)18-23-10-6-5-7-11-23;;/h5-7,10-11,16-17,26-28,39H,8-9,12-15,18-20,34H2,1-4H3,(H2,35,42)(H,36,44)(H,37,43);1H;1H2/t26-,27+,28-;;/m0../s1. The van der Waals surface area contributed by atoms with Crippen molar-refractivity contribution in [2.24, 2.45) is 11.5 Å². The van der Waals surface area contributed by atoms with Gasteiger partial charge in [-0.15, -0.1) is 12.4 Å². The maximum absolute atomic E-state index is 13.5. The average Bonchev–Trinajstić information content (AvgIpc) is 3.02. The van der Waals surface area contributed by atoms with Gasteiger partial charge in [-0.1, -0.05) is 30.3 Å². The predicted molar refractivity (Wildman–Crippen MR) is 189 cm³/mol. The van der Waals surface area contributed by atoms with E-state index in [1.54, 1.807) is 12.1 Å². The lowest BCUT2D eigenvalue weighted by molar-refractivity contribution is -0.141. The Morgan fingerprint density at radius 2 is 1.62 bits per heavy atom. The molecule has 0 aliphatic carbocycles. The van der Waals surface area contributed by atoms with Crippen LogP contribution in [0, 0.1) is 13.8 Å². The SMILES string of the molecule is COC(=O)CCCCN(C(=O)CNC(=O)[C@@H](CCSC)NC(=O)[C@@H](N)Cc1c(C)cc(O)cc1C)[C@@H](Cc1ccccc1)C(N)=O.Cl.O. The fraction of sp³-hybridized carbons (Fsp3) is 0.485. The molecule has 48 heavy (non-hydrogen) atoms. The highest BCUT2D eigenvalue weighted by atomic mass is 35.5. The Labute approximate surface area is 292 Å². The number of aryl methyl sites for hydroxylation is 2. The van der Waals surface area contributed by atoms with Crippen LogP contribution in [0.5, 0.6) is 5.75 Å². The van der Waals surface area contributed by atoms with E-state index in [-0.39, 0.29) is 55.4 Å². The van der Waals surface area contributed by atoms with E-state index in [0.29, 0.717) is 25.0 Å². The number of carbonyl (C=O) groups excluding carboxylic acids is 5. The summed E-state index contributed by atoms with van der Waals surface area (Å²) in [6.07, 6.45) is 3.53. The van der Waals surface area contributed by atoms with E-state index in [9.17, 15) is 29.1 Å². The molecule has 268 valence electrons. The second-order valence-electron chi connectivity index (χ2n) is 11.2. The normalized spacial score (nSPS) is 12.3. The quantitative estimate of drug-likeness (QED) is 0.104. The summed E-state index contributed by atoms with van der Waals surface area (Å²) < 4.78 is 4.68. The fourth-order valence-electron chi connectivity index (χ4n) is 5.09. The van der Waals surface area contributed by atoms with Crippen LogP contribution in [0.15, 0.2) is 42.5 Å². The highest BCUT2D eigenvalue weighted by Gasteiger charge is 2.30. The molecule has 15 heteroatoms. The monoisotopic (exact) mass is 711 g/mol. The number of nitrogens with two attached hydrogens (primary N) is 2. The number of phenols is 1. The minimum atomic E-state index is -0.985. The lowest BCUT2D eigenvalue weighted by Gasteiger charge is -2.30. The molecular formula is C33H50ClN5O8S. The maximum atomic E-state index is 13.5. The number of methoxy groups -OCH3 is 1. The second-order valence-corrected chi connectivity index (χ2v) is 12.1. The van der Waals surface area contributed by atoms with Crippen molar-refractivity contribution in [2.75, 3.05) is 32.2 Å². The Morgan fingerprint density at radius 3 is 2.19 bits per heavy atom. The van der Waals surface area contributed by atoms with Crippen LogP contribution in [-0.2, 0) is 41.6 Å². The highest BCUT2D eigenvalue weighted by Crippen LogP contribution is 2.22. The number of thioether (sulfide) groups is 1. The lowest BCUT2D eigenvalue weighted by atomic mass is 9.96. The van der Waals surface area contributed by atoms with Crippen LogP contribution >= 0.6 is 24.2 Å². The van der Waals surface area contributed by atoms with E-state index >= 15 is 0 Å². The third-order valence-corrected chi connectivity index (χ3v) is 8.30. The Balaban J connectivity index is 0.0000110.